The number of benzene rings is 1. The monoisotopic (exact) mass is 467 g/mol. The minimum atomic E-state index is -0.434. The Balaban J connectivity index is 1.64. The van der Waals surface area contributed by atoms with Crippen LogP contribution in [0.1, 0.15) is 15.9 Å². The van der Waals surface area contributed by atoms with Crippen molar-refractivity contribution in [2.75, 3.05) is 19.3 Å². The molecule has 1 saturated heterocycles. The Bertz CT molecular complexity index is 1010. The van der Waals surface area contributed by atoms with Crippen LogP contribution in [0.25, 0.3) is 6.08 Å². The van der Waals surface area contributed by atoms with E-state index in [1.54, 1.807) is 36.5 Å². The van der Waals surface area contributed by atoms with Gasteiger partial charge in [-0.15, -0.1) is 11.8 Å². The maximum Gasteiger partial charge on any atom is 0.293 e. The van der Waals surface area contributed by atoms with E-state index in [0.717, 1.165) is 16.7 Å². The molecule has 10 heteroatoms. The van der Waals surface area contributed by atoms with Crippen LogP contribution in [-0.4, -0.2) is 46.3 Å². The fraction of sp³-hybridized carbons (Fsp3) is 0.158. The fourth-order valence-electron chi connectivity index (χ4n) is 2.57. The number of halogens is 2. The van der Waals surface area contributed by atoms with E-state index < -0.39 is 11.1 Å². The van der Waals surface area contributed by atoms with Crippen molar-refractivity contribution in [3.8, 4) is 0 Å². The third-order valence-electron chi connectivity index (χ3n) is 3.97. The fourth-order valence-corrected chi connectivity index (χ4v) is 4.33. The van der Waals surface area contributed by atoms with Crippen molar-refractivity contribution < 1.29 is 14.4 Å². The predicted molar refractivity (Wildman–Crippen MR) is 117 cm³/mol. The number of hydrogen-bond acceptors (Lipinski definition) is 6. The maximum absolute atomic E-state index is 12.6. The topological polar surface area (TPSA) is 79.4 Å². The van der Waals surface area contributed by atoms with Crippen LogP contribution in [0.4, 0.5) is 4.79 Å². The van der Waals surface area contributed by atoms with Crippen molar-refractivity contribution in [3.63, 3.8) is 0 Å². The standard InChI is InChI=1S/C19H15Cl2N3O3S2/c1-28-17-12(5-3-7-23-17)16(25)22-8-9-24-18(26)14(29-19(24)27)10-11-4-2-6-13(20)15(11)21/h2-7,10H,8-9H2,1H3,(H,22,25)/b14-10-. The van der Waals surface area contributed by atoms with Crippen molar-refractivity contribution in [2.24, 2.45) is 0 Å². The highest BCUT2D eigenvalue weighted by atomic mass is 35.5. The van der Waals surface area contributed by atoms with Crippen LogP contribution in [0, 0.1) is 0 Å². The first kappa shape index (κ1) is 21.7. The first-order chi connectivity index (χ1) is 13.9. The number of thioether (sulfide) groups is 2. The van der Waals surface area contributed by atoms with Gasteiger partial charge < -0.3 is 5.32 Å². The normalized spacial score (nSPS) is 15.3. The van der Waals surface area contributed by atoms with Crippen LogP contribution in [0.15, 0.2) is 46.5 Å². The molecule has 0 aliphatic carbocycles. The van der Waals surface area contributed by atoms with Crippen molar-refractivity contribution in [1.29, 1.82) is 0 Å². The smallest absolute Gasteiger partial charge is 0.293 e. The quantitative estimate of drug-likeness (QED) is 0.494. The molecule has 1 N–H and O–H groups in total. The number of amides is 3. The summed E-state index contributed by atoms with van der Waals surface area (Å²) in [6.45, 7) is 0.191. The Labute approximate surface area is 186 Å². The second-order valence-corrected chi connectivity index (χ2v) is 8.37. The summed E-state index contributed by atoms with van der Waals surface area (Å²) in [5, 5.41) is 3.60. The lowest BCUT2D eigenvalue weighted by Gasteiger charge is -2.13. The minimum Gasteiger partial charge on any atom is -0.350 e. The van der Waals surface area contributed by atoms with Crippen molar-refractivity contribution in [2.45, 2.75) is 5.03 Å². The Morgan fingerprint density at radius 1 is 1.28 bits per heavy atom. The van der Waals surface area contributed by atoms with Crippen LogP contribution in [-0.2, 0) is 4.79 Å². The number of rotatable bonds is 6. The molecular formula is C19H15Cl2N3O3S2. The van der Waals surface area contributed by atoms with Crippen LogP contribution in [0.3, 0.4) is 0 Å². The number of hydrogen-bond donors (Lipinski definition) is 1. The Hall–Kier alpha value is -2.00. The highest BCUT2D eigenvalue weighted by molar-refractivity contribution is 8.18. The minimum absolute atomic E-state index is 0.0614. The first-order valence-corrected chi connectivity index (χ1v) is 11.2. The van der Waals surface area contributed by atoms with Gasteiger partial charge in [-0.1, -0.05) is 35.3 Å². The molecule has 2 aromatic rings. The number of aromatic nitrogens is 1. The van der Waals surface area contributed by atoms with Crippen LogP contribution < -0.4 is 5.32 Å². The summed E-state index contributed by atoms with van der Waals surface area (Å²) in [6, 6.07) is 8.41. The summed E-state index contributed by atoms with van der Waals surface area (Å²) in [7, 11) is 0. The van der Waals surface area contributed by atoms with Gasteiger partial charge in [-0.2, -0.15) is 0 Å². The van der Waals surface area contributed by atoms with Crippen molar-refractivity contribution in [3.05, 3.63) is 62.6 Å². The molecule has 0 atom stereocenters. The SMILES string of the molecule is CSc1ncccc1C(=O)NCCN1C(=O)S/C(=C\c2cccc(Cl)c2Cl)C1=O. The average molecular weight is 468 g/mol. The molecule has 6 nitrogen and oxygen atoms in total. The summed E-state index contributed by atoms with van der Waals surface area (Å²) < 4.78 is 0. The lowest BCUT2D eigenvalue weighted by atomic mass is 10.2. The number of nitrogens with one attached hydrogen (secondary N) is 1. The van der Waals surface area contributed by atoms with Gasteiger partial charge in [-0.25, -0.2) is 4.98 Å². The second kappa shape index (κ2) is 9.67. The van der Waals surface area contributed by atoms with Gasteiger partial charge in [0.05, 0.1) is 20.5 Å². The van der Waals surface area contributed by atoms with Crippen LogP contribution in [0.5, 0.6) is 0 Å². The summed E-state index contributed by atoms with van der Waals surface area (Å²) in [4.78, 5) is 42.6. The van der Waals surface area contributed by atoms with Gasteiger partial charge in [-0.3, -0.25) is 19.3 Å². The molecule has 0 saturated carbocycles. The van der Waals surface area contributed by atoms with Crippen molar-refractivity contribution in [1.82, 2.24) is 15.2 Å². The molecule has 1 aromatic heterocycles. The zero-order valence-electron chi connectivity index (χ0n) is 15.1. The summed E-state index contributed by atoms with van der Waals surface area (Å²) in [5.41, 5.74) is 1.00. The Kier molecular flexibility index (Phi) is 7.23. The van der Waals surface area contributed by atoms with Gasteiger partial charge in [0.15, 0.2) is 0 Å². The molecule has 1 aliphatic rings. The van der Waals surface area contributed by atoms with E-state index in [1.165, 1.54) is 17.8 Å². The zero-order chi connectivity index (χ0) is 21.0. The molecule has 0 unspecified atom stereocenters. The highest BCUT2D eigenvalue weighted by Crippen LogP contribution is 2.34. The number of pyridine rings is 1. The molecule has 0 radical (unpaired) electrons. The maximum atomic E-state index is 12.6. The van der Waals surface area contributed by atoms with E-state index in [1.807, 2.05) is 6.26 Å². The largest absolute Gasteiger partial charge is 0.350 e. The number of carbonyl (C=O) groups is 3. The van der Waals surface area contributed by atoms with E-state index in [9.17, 15) is 14.4 Å². The average Bonchev–Trinajstić information content (AvgIpc) is 2.98. The number of nitrogens with zero attached hydrogens (tertiary/aromatic N) is 2. The van der Waals surface area contributed by atoms with Crippen LogP contribution in [0.2, 0.25) is 10.0 Å². The third kappa shape index (κ3) is 4.95. The number of imide groups is 1. The number of carbonyl (C=O) groups excluding carboxylic acids is 3. The Morgan fingerprint density at radius 3 is 2.83 bits per heavy atom. The molecule has 29 heavy (non-hydrogen) atoms. The molecule has 0 spiro atoms. The molecule has 1 aliphatic heterocycles. The van der Waals surface area contributed by atoms with Gasteiger partial charge in [0.25, 0.3) is 17.1 Å². The summed E-state index contributed by atoms with van der Waals surface area (Å²) in [6.07, 6.45) is 4.98. The second-order valence-electron chi connectivity index (χ2n) is 5.79. The molecule has 1 fully saturated rings. The van der Waals surface area contributed by atoms with Gasteiger partial charge in [-0.05, 0) is 47.9 Å². The molecule has 150 valence electrons. The lowest BCUT2D eigenvalue weighted by Crippen LogP contribution is -2.37. The van der Waals surface area contributed by atoms with Gasteiger partial charge in [0.1, 0.15) is 5.03 Å². The molecule has 3 amide bonds. The summed E-state index contributed by atoms with van der Waals surface area (Å²) in [5.74, 6) is -0.743. The van der Waals surface area contributed by atoms with E-state index in [2.05, 4.69) is 10.3 Å². The van der Waals surface area contributed by atoms with E-state index >= 15 is 0 Å². The summed E-state index contributed by atoms with van der Waals surface area (Å²) >= 11 is 14.3. The molecule has 2 heterocycles. The third-order valence-corrected chi connectivity index (χ3v) is 6.42. The Morgan fingerprint density at radius 2 is 2.07 bits per heavy atom. The first-order valence-electron chi connectivity index (χ1n) is 8.39. The molecular weight excluding hydrogens is 453 g/mol. The van der Waals surface area contributed by atoms with Crippen molar-refractivity contribution >= 4 is 69.9 Å². The lowest BCUT2D eigenvalue weighted by molar-refractivity contribution is -0.122. The van der Waals surface area contributed by atoms with E-state index in [4.69, 9.17) is 23.2 Å². The zero-order valence-corrected chi connectivity index (χ0v) is 18.3. The molecule has 3 rings (SSSR count). The molecule has 1 aromatic carbocycles. The van der Waals surface area contributed by atoms with Crippen LogP contribution >= 0.6 is 46.7 Å². The van der Waals surface area contributed by atoms with Gasteiger partial charge in [0.2, 0.25) is 0 Å². The molecule has 0 bridgehead atoms. The van der Waals surface area contributed by atoms with E-state index in [0.29, 0.717) is 26.2 Å². The predicted octanol–water partition coefficient (Wildman–Crippen LogP) is 4.58. The highest BCUT2D eigenvalue weighted by Gasteiger charge is 2.34. The van der Waals surface area contributed by atoms with E-state index in [-0.39, 0.29) is 23.9 Å². The van der Waals surface area contributed by atoms with Gasteiger partial charge >= 0.3 is 0 Å². The van der Waals surface area contributed by atoms with Gasteiger partial charge in [0, 0.05) is 19.3 Å².